The number of carbonyl (C=O) groups excluding carboxylic acids is 1. The number of benzene rings is 3. The second kappa shape index (κ2) is 8.46. The molecular formula is C24H14Cl2N2O2. The monoisotopic (exact) mass is 432 g/mol. The molecular weight excluding hydrogens is 419 g/mol. The van der Waals surface area contributed by atoms with Gasteiger partial charge < -0.3 is 9.73 Å². The molecule has 146 valence electrons. The molecule has 1 amide bonds. The van der Waals surface area contributed by atoms with Gasteiger partial charge in [-0.1, -0.05) is 53.5 Å². The van der Waals surface area contributed by atoms with Crippen molar-refractivity contribution in [3.8, 4) is 17.4 Å². The number of anilines is 1. The highest BCUT2D eigenvalue weighted by molar-refractivity contribution is 6.35. The highest BCUT2D eigenvalue weighted by Crippen LogP contribution is 2.32. The lowest BCUT2D eigenvalue weighted by Gasteiger charge is -2.06. The van der Waals surface area contributed by atoms with E-state index in [1.165, 1.54) is 6.08 Å². The molecule has 0 aliphatic carbocycles. The lowest BCUT2D eigenvalue weighted by Crippen LogP contribution is -2.13. The molecule has 0 radical (unpaired) electrons. The van der Waals surface area contributed by atoms with E-state index < -0.39 is 5.91 Å². The van der Waals surface area contributed by atoms with E-state index >= 15 is 0 Å². The highest BCUT2D eigenvalue weighted by atomic mass is 35.5. The van der Waals surface area contributed by atoms with E-state index in [2.05, 4.69) is 5.32 Å². The Hall–Kier alpha value is -3.52. The molecule has 0 spiro atoms. The van der Waals surface area contributed by atoms with Crippen molar-refractivity contribution in [2.24, 2.45) is 0 Å². The summed E-state index contributed by atoms with van der Waals surface area (Å²) in [5.74, 6) is 0.318. The summed E-state index contributed by atoms with van der Waals surface area (Å²) in [6, 6.07) is 23.7. The van der Waals surface area contributed by atoms with E-state index in [4.69, 9.17) is 27.6 Å². The van der Waals surface area contributed by atoms with Crippen LogP contribution in [0.4, 0.5) is 5.69 Å². The van der Waals surface area contributed by atoms with Gasteiger partial charge in [-0.05, 0) is 53.2 Å². The molecule has 4 rings (SSSR count). The van der Waals surface area contributed by atoms with E-state index in [-0.39, 0.29) is 5.57 Å². The lowest BCUT2D eigenvalue weighted by atomic mass is 10.1. The number of nitriles is 1. The first-order valence-corrected chi connectivity index (χ1v) is 9.76. The average molecular weight is 433 g/mol. The molecule has 0 saturated heterocycles. The fourth-order valence-corrected chi connectivity index (χ4v) is 3.40. The van der Waals surface area contributed by atoms with Gasteiger partial charge in [-0.15, -0.1) is 0 Å². The summed E-state index contributed by atoms with van der Waals surface area (Å²) < 4.78 is 5.75. The number of furan rings is 1. The van der Waals surface area contributed by atoms with Gasteiger partial charge in [0.1, 0.15) is 23.2 Å². The minimum Gasteiger partial charge on any atom is -0.457 e. The molecule has 0 bridgehead atoms. The standard InChI is InChI=1S/C24H14Cl2N2O2/c25-18-6-9-22(26)21(13-18)23-10-8-20(30-23)12-17(14-27)24(29)28-19-7-5-15-3-1-2-4-16(15)11-19/h1-13H,(H,28,29)/b17-12+. The normalized spacial score (nSPS) is 11.3. The van der Waals surface area contributed by atoms with Gasteiger partial charge in [0, 0.05) is 22.3 Å². The number of hydrogen-bond donors (Lipinski definition) is 1. The molecule has 3 aromatic carbocycles. The van der Waals surface area contributed by atoms with Crippen LogP contribution in [0, 0.1) is 11.3 Å². The van der Waals surface area contributed by atoms with Crippen molar-refractivity contribution in [2.45, 2.75) is 0 Å². The van der Waals surface area contributed by atoms with Crippen molar-refractivity contribution < 1.29 is 9.21 Å². The van der Waals surface area contributed by atoms with Crippen LogP contribution in [0.5, 0.6) is 0 Å². The van der Waals surface area contributed by atoms with E-state index in [0.29, 0.717) is 32.8 Å². The first kappa shape index (κ1) is 19.8. The summed E-state index contributed by atoms with van der Waals surface area (Å²) >= 11 is 12.2. The smallest absolute Gasteiger partial charge is 0.266 e. The Bertz CT molecular complexity index is 1330. The van der Waals surface area contributed by atoms with Gasteiger partial charge in [-0.3, -0.25) is 4.79 Å². The number of nitrogens with one attached hydrogen (secondary N) is 1. The zero-order chi connectivity index (χ0) is 21.1. The van der Waals surface area contributed by atoms with E-state index in [0.717, 1.165) is 10.8 Å². The summed E-state index contributed by atoms with van der Waals surface area (Å²) in [7, 11) is 0. The Kier molecular flexibility index (Phi) is 5.58. The molecule has 1 aromatic heterocycles. The summed E-state index contributed by atoms with van der Waals surface area (Å²) in [6.45, 7) is 0. The Balaban J connectivity index is 1.57. The molecule has 0 fully saturated rings. The third-order valence-corrected chi connectivity index (χ3v) is 5.04. The molecule has 0 aliphatic rings. The summed E-state index contributed by atoms with van der Waals surface area (Å²) in [5.41, 5.74) is 1.15. The maximum absolute atomic E-state index is 12.6. The van der Waals surface area contributed by atoms with Crippen LogP contribution in [-0.2, 0) is 4.79 Å². The minimum atomic E-state index is -0.522. The van der Waals surface area contributed by atoms with Crippen LogP contribution in [0.3, 0.4) is 0 Å². The quantitative estimate of drug-likeness (QED) is 0.280. The highest BCUT2D eigenvalue weighted by Gasteiger charge is 2.13. The molecule has 0 saturated carbocycles. The summed E-state index contributed by atoms with van der Waals surface area (Å²) in [4.78, 5) is 12.6. The molecule has 30 heavy (non-hydrogen) atoms. The predicted molar refractivity (Wildman–Crippen MR) is 120 cm³/mol. The lowest BCUT2D eigenvalue weighted by molar-refractivity contribution is -0.112. The summed E-state index contributed by atoms with van der Waals surface area (Å²) in [6.07, 6.45) is 1.39. The van der Waals surface area contributed by atoms with E-state index in [9.17, 15) is 10.1 Å². The number of carbonyl (C=O) groups is 1. The van der Waals surface area contributed by atoms with E-state index in [1.54, 1.807) is 36.4 Å². The molecule has 1 N–H and O–H groups in total. The maximum atomic E-state index is 12.6. The van der Waals surface area contributed by atoms with Gasteiger partial charge in [-0.25, -0.2) is 0 Å². The van der Waals surface area contributed by atoms with Gasteiger partial charge in [0.2, 0.25) is 0 Å². The van der Waals surface area contributed by atoms with Crippen LogP contribution in [0.25, 0.3) is 28.2 Å². The largest absolute Gasteiger partial charge is 0.457 e. The van der Waals surface area contributed by atoms with Crippen molar-refractivity contribution in [3.63, 3.8) is 0 Å². The Morgan fingerprint density at radius 2 is 1.77 bits per heavy atom. The SMILES string of the molecule is N#C/C(=C\c1ccc(-c2cc(Cl)ccc2Cl)o1)C(=O)Nc1ccc2ccccc2c1. The van der Waals surface area contributed by atoms with Crippen molar-refractivity contribution in [3.05, 3.63) is 94.2 Å². The van der Waals surface area contributed by atoms with Crippen LogP contribution in [0.2, 0.25) is 10.0 Å². The second-order valence-corrected chi connectivity index (χ2v) is 7.36. The number of rotatable bonds is 4. The minimum absolute atomic E-state index is 0.0822. The molecule has 0 atom stereocenters. The van der Waals surface area contributed by atoms with Gasteiger partial charge >= 0.3 is 0 Å². The molecule has 4 aromatic rings. The van der Waals surface area contributed by atoms with Crippen molar-refractivity contribution in [2.75, 3.05) is 5.32 Å². The third kappa shape index (κ3) is 4.23. The zero-order valence-corrected chi connectivity index (χ0v) is 17.0. The average Bonchev–Trinajstić information content (AvgIpc) is 3.22. The van der Waals surface area contributed by atoms with Gasteiger partial charge in [-0.2, -0.15) is 5.26 Å². The first-order valence-electron chi connectivity index (χ1n) is 9.01. The molecule has 1 heterocycles. The fourth-order valence-electron chi connectivity index (χ4n) is 3.02. The van der Waals surface area contributed by atoms with Crippen LogP contribution >= 0.6 is 23.2 Å². The van der Waals surface area contributed by atoms with Gasteiger partial charge in [0.05, 0.1) is 5.02 Å². The Morgan fingerprint density at radius 1 is 0.967 bits per heavy atom. The number of hydrogen-bond acceptors (Lipinski definition) is 3. The fraction of sp³-hybridized carbons (Fsp3) is 0. The predicted octanol–water partition coefficient (Wildman–Crippen LogP) is 6.95. The Morgan fingerprint density at radius 3 is 2.57 bits per heavy atom. The summed E-state index contributed by atoms with van der Waals surface area (Å²) in [5, 5.41) is 15.3. The van der Waals surface area contributed by atoms with Crippen molar-refractivity contribution >= 4 is 51.6 Å². The molecule has 0 unspecified atom stereocenters. The third-order valence-electron chi connectivity index (χ3n) is 4.48. The van der Waals surface area contributed by atoms with Gasteiger partial charge in [0.25, 0.3) is 5.91 Å². The maximum Gasteiger partial charge on any atom is 0.266 e. The number of fused-ring (bicyclic) bond motifs is 1. The second-order valence-electron chi connectivity index (χ2n) is 6.51. The zero-order valence-electron chi connectivity index (χ0n) is 15.5. The van der Waals surface area contributed by atoms with E-state index in [1.807, 2.05) is 42.5 Å². The van der Waals surface area contributed by atoms with Crippen molar-refractivity contribution in [1.29, 1.82) is 5.26 Å². The van der Waals surface area contributed by atoms with Crippen LogP contribution in [-0.4, -0.2) is 5.91 Å². The van der Waals surface area contributed by atoms with Gasteiger partial charge in [0.15, 0.2) is 0 Å². The number of amides is 1. The first-order chi connectivity index (χ1) is 14.5. The van der Waals surface area contributed by atoms with Crippen LogP contribution in [0.15, 0.2) is 82.8 Å². The molecule has 4 nitrogen and oxygen atoms in total. The van der Waals surface area contributed by atoms with Crippen LogP contribution in [0.1, 0.15) is 5.76 Å². The number of nitrogens with zero attached hydrogens (tertiary/aromatic N) is 1. The van der Waals surface area contributed by atoms with Crippen LogP contribution < -0.4 is 5.32 Å². The number of halogens is 2. The molecule has 6 heteroatoms. The molecule has 0 aliphatic heterocycles. The Labute approximate surface area is 183 Å². The topological polar surface area (TPSA) is 66.0 Å². The van der Waals surface area contributed by atoms with Crippen molar-refractivity contribution in [1.82, 2.24) is 0 Å².